The van der Waals surface area contributed by atoms with Crippen molar-refractivity contribution in [2.45, 2.75) is 32.1 Å². The molecule has 0 heterocycles. The third-order valence-corrected chi connectivity index (χ3v) is 2.92. The number of benzene rings is 1. The maximum atomic E-state index is 11.5. The quantitative estimate of drug-likeness (QED) is 0.678. The van der Waals surface area contributed by atoms with Gasteiger partial charge in [0.15, 0.2) is 0 Å². The van der Waals surface area contributed by atoms with Crippen LogP contribution in [0.2, 0.25) is 0 Å². The second kappa shape index (κ2) is 8.96. The van der Waals surface area contributed by atoms with E-state index in [1.807, 2.05) is 24.3 Å². The van der Waals surface area contributed by atoms with Gasteiger partial charge in [-0.05, 0) is 37.0 Å². The minimum atomic E-state index is -0.834. The molecule has 0 saturated heterocycles. The highest BCUT2D eigenvalue weighted by Crippen LogP contribution is 2.13. The van der Waals surface area contributed by atoms with Gasteiger partial charge < -0.3 is 15.2 Å². The summed E-state index contributed by atoms with van der Waals surface area (Å²) in [6.45, 7) is 0.424. The van der Waals surface area contributed by atoms with Crippen molar-refractivity contribution in [3.05, 3.63) is 29.8 Å². The Labute approximate surface area is 118 Å². The van der Waals surface area contributed by atoms with Gasteiger partial charge in [-0.1, -0.05) is 12.1 Å². The molecule has 0 radical (unpaired) electrons. The normalized spacial score (nSPS) is 10.1. The molecule has 1 aromatic rings. The van der Waals surface area contributed by atoms with Crippen molar-refractivity contribution in [1.29, 1.82) is 0 Å². The Hall–Kier alpha value is -2.04. The van der Waals surface area contributed by atoms with Gasteiger partial charge in [-0.2, -0.15) is 0 Å². The zero-order valence-electron chi connectivity index (χ0n) is 11.7. The van der Waals surface area contributed by atoms with Crippen LogP contribution in [0.25, 0.3) is 0 Å². The average Bonchev–Trinajstić information content (AvgIpc) is 2.44. The van der Waals surface area contributed by atoms with Gasteiger partial charge in [0.2, 0.25) is 5.91 Å². The Kier molecular flexibility index (Phi) is 7.17. The number of aliphatic carboxylic acids is 1. The van der Waals surface area contributed by atoms with Gasteiger partial charge >= 0.3 is 5.97 Å². The number of carboxylic acids is 1. The summed E-state index contributed by atoms with van der Waals surface area (Å²) >= 11 is 0. The lowest BCUT2D eigenvalue weighted by Crippen LogP contribution is -2.24. The van der Waals surface area contributed by atoms with E-state index in [1.54, 1.807) is 7.11 Å². The summed E-state index contributed by atoms with van der Waals surface area (Å²) in [7, 11) is 1.63. The molecule has 1 rings (SSSR count). The van der Waals surface area contributed by atoms with E-state index in [1.165, 1.54) is 5.56 Å². The number of carboxylic acid groups (broad SMARTS) is 1. The number of nitrogens with one attached hydrogen (secondary N) is 1. The summed E-state index contributed by atoms with van der Waals surface area (Å²) < 4.78 is 5.08. The maximum Gasteiger partial charge on any atom is 0.303 e. The summed E-state index contributed by atoms with van der Waals surface area (Å²) in [6.07, 6.45) is 2.63. The topological polar surface area (TPSA) is 75.6 Å². The van der Waals surface area contributed by atoms with E-state index in [0.717, 1.165) is 18.6 Å². The molecular formula is C15H21NO4. The van der Waals surface area contributed by atoms with Crippen LogP contribution in [0.15, 0.2) is 24.3 Å². The van der Waals surface area contributed by atoms with Crippen LogP contribution >= 0.6 is 0 Å². The Morgan fingerprint density at radius 1 is 1.15 bits per heavy atom. The van der Waals surface area contributed by atoms with Crippen molar-refractivity contribution in [2.75, 3.05) is 13.7 Å². The first-order valence-corrected chi connectivity index (χ1v) is 6.73. The molecule has 0 aliphatic rings. The average molecular weight is 279 g/mol. The van der Waals surface area contributed by atoms with Gasteiger partial charge in [-0.3, -0.25) is 9.59 Å². The SMILES string of the molecule is COc1ccc(CCCC(=O)NCCCC(=O)O)cc1. The minimum absolute atomic E-state index is 0.0242. The molecule has 0 aromatic heterocycles. The highest BCUT2D eigenvalue weighted by Gasteiger charge is 2.02. The summed E-state index contributed by atoms with van der Waals surface area (Å²) in [5.41, 5.74) is 1.17. The fraction of sp³-hybridized carbons (Fsp3) is 0.467. The van der Waals surface area contributed by atoms with Crippen LogP contribution in [0.4, 0.5) is 0 Å². The molecule has 5 heteroatoms. The van der Waals surface area contributed by atoms with E-state index in [9.17, 15) is 9.59 Å². The van der Waals surface area contributed by atoms with Crippen LogP contribution < -0.4 is 10.1 Å². The Bertz CT molecular complexity index is 428. The standard InChI is InChI=1S/C15H21NO4/c1-20-13-9-7-12(8-10-13)4-2-5-14(17)16-11-3-6-15(18)19/h7-10H,2-6,11H2,1H3,(H,16,17)(H,18,19). The summed E-state index contributed by atoms with van der Waals surface area (Å²) in [4.78, 5) is 21.8. The predicted octanol–water partition coefficient (Wildman–Crippen LogP) is 2.00. The lowest BCUT2D eigenvalue weighted by atomic mass is 10.1. The number of carbonyl (C=O) groups excluding carboxylic acids is 1. The van der Waals surface area contributed by atoms with Gasteiger partial charge in [-0.15, -0.1) is 0 Å². The van der Waals surface area contributed by atoms with Crippen LogP contribution in [0, 0.1) is 0 Å². The zero-order valence-corrected chi connectivity index (χ0v) is 11.7. The van der Waals surface area contributed by atoms with E-state index < -0.39 is 5.97 Å². The summed E-state index contributed by atoms with van der Waals surface area (Å²) in [6, 6.07) is 7.79. The predicted molar refractivity (Wildman–Crippen MR) is 75.8 cm³/mol. The molecule has 0 bridgehead atoms. The molecule has 0 aliphatic heterocycles. The minimum Gasteiger partial charge on any atom is -0.497 e. The van der Waals surface area contributed by atoms with E-state index >= 15 is 0 Å². The van der Waals surface area contributed by atoms with Crippen molar-refractivity contribution in [2.24, 2.45) is 0 Å². The number of methoxy groups -OCH3 is 1. The fourth-order valence-corrected chi connectivity index (χ4v) is 1.80. The molecule has 1 amide bonds. The number of rotatable bonds is 9. The Balaban J connectivity index is 2.13. The van der Waals surface area contributed by atoms with E-state index in [0.29, 0.717) is 19.4 Å². The van der Waals surface area contributed by atoms with Gasteiger partial charge in [0.1, 0.15) is 5.75 Å². The fourth-order valence-electron chi connectivity index (χ4n) is 1.80. The van der Waals surface area contributed by atoms with Crippen molar-refractivity contribution < 1.29 is 19.4 Å². The molecule has 20 heavy (non-hydrogen) atoms. The zero-order chi connectivity index (χ0) is 14.8. The van der Waals surface area contributed by atoms with Crippen molar-refractivity contribution in [3.63, 3.8) is 0 Å². The van der Waals surface area contributed by atoms with Crippen LogP contribution in [-0.2, 0) is 16.0 Å². The number of aryl methyl sites for hydroxylation is 1. The van der Waals surface area contributed by atoms with E-state index in [4.69, 9.17) is 9.84 Å². The van der Waals surface area contributed by atoms with Crippen molar-refractivity contribution in [3.8, 4) is 5.75 Å². The van der Waals surface area contributed by atoms with Crippen molar-refractivity contribution >= 4 is 11.9 Å². The first-order valence-electron chi connectivity index (χ1n) is 6.73. The van der Waals surface area contributed by atoms with Crippen molar-refractivity contribution in [1.82, 2.24) is 5.32 Å². The Morgan fingerprint density at radius 2 is 1.85 bits per heavy atom. The molecule has 0 aliphatic carbocycles. The second-order valence-corrected chi connectivity index (χ2v) is 4.55. The third kappa shape index (κ3) is 6.78. The smallest absolute Gasteiger partial charge is 0.303 e. The highest BCUT2D eigenvalue weighted by atomic mass is 16.5. The van der Waals surface area contributed by atoms with E-state index in [-0.39, 0.29) is 12.3 Å². The number of carbonyl (C=O) groups is 2. The summed E-state index contributed by atoms with van der Waals surface area (Å²) in [5, 5.41) is 11.2. The number of amides is 1. The maximum absolute atomic E-state index is 11.5. The second-order valence-electron chi connectivity index (χ2n) is 4.55. The molecule has 1 aromatic carbocycles. The third-order valence-electron chi connectivity index (χ3n) is 2.92. The van der Waals surface area contributed by atoms with Gasteiger partial charge in [0, 0.05) is 19.4 Å². The van der Waals surface area contributed by atoms with Gasteiger partial charge in [0.05, 0.1) is 7.11 Å². The molecule has 0 fully saturated rings. The molecule has 0 spiro atoms. The Morgan fingerprint density at radius 3 is 2.45 bits per heavy atom. The number of ether oxygens (including phenoxy) is 1. The van der Waals surface area contributed by atoms with Crippen LogP contribution in [0.5, 0.6) is 5.75 Å². The molecule has 110 valence electrons. The van der Waals surface area contributed by atoms with Gasteiger partial charge in [0.25, 0.3) is 0 Å². The largest absolute Gasteiger partial charge is 0.497 e. The van der Waals surface area contributed by atoms with Crippen LogP contribution in [0.1, 0.15) is 31.2 Å². The first kappa shape index (κ1) is 16.0. The summed E-state index contributed by atoms with van der Waals surface area (Å²) in [5.74, 6) is -0.0346. The van der Waals surface area contributed by atoms with Gasteiger partial charge in [-0.25, -0.2) is 0 Å². The monoisotopic (exact) mass is 279 g/mol. The number of hydrogen-bond donors (Lipinski definition) is 2. The molecule has 5 nitrogen and oxygen atoms in total. The number of hydrogen-bond acceptors (Lipinski definition) is 3. The highest BCUT2D eigenvalue weighted by molar-refractivity contribution is 5.75. The molecule has 2 N–H and O–H groups in total. The van der Waals surface area contributed by atoms with Crippen LogP contribution in [-0.4, -0.2) is 30.6 Å². The molecule has 0 saturated carbocycles. The molecular weight excluding hydrogens is 258 g/mol. The van der Waals surface area contributed by atoms with Crippen LogP contribution in [0.3, 0.4) is 0 Å². The molecule has 0 atom stereocenters. The van der Waals surface area contributed by atoms with E-state index in [2.05, 4.69) is 5.32 Å². The first-order chi connectivity index (χ1) is 9.61. The molecule has 0 unspecified atom stereocenters. The lowest BCUT2D eigenvalue weighted by molar-refractivity contribution is -0.137. The lowest BCUT2D eigenvalue weighted by Gasteiger charge is -2.05.